The van der Waals surface area contributed by atoms with Crippen LogP contribution >= 0.6 is 20.7 Å². The third kappa shape index (κ3) is 2.46. The van der Waals surface area contributed by atoms with Crippen molar-refractivity contribution in [3.63, 3.8) is 0 Å². The topological polar surface area (TPSA) is 0 Å². The second kappa shape index (κ2) is 5.57. The van der Waals surface area contributed by atoms with Crippen molar-refractivity contribution < 1.29 is 0 Å². The van der Waals surface area contributed by atoms with Gasteiger partial charge >= 0.3 is 0 Å². The van der Waals surface area contributed by atoms with Crippen molar-refractivity contribution in [2.75, 3.05) is 0 Å². The van der Waals surface area contributed by atoms with Crippen LogP contribution in [0.5, 0.6) is 0 Å². The van der Waals surface area contributed by atoms with Crippen LogP contribution in [0.3, 0.4) is 0 Å². The summed E-state index contributed by atoms with van der Waals surface area (Å²) in [5, 5.41) is 2.73. The van der Waals surface area contributed by atoms with Crippen LogP contribution in [0.25, 0.3) is 16.8 Å². The zero-order chi connectivity index (χ0) is 14.1. The minimum atomic E-state index is 0.0135. The summed E-state index contributed by atoms with van der Waals surface area (Å²) in [7, 11) is 0. The highest BCUT2D eigenvalue weighted by Crippen LogP contribution is 2.28. The molecule has 0 unspecified atom stereocenters. The Hall–Kier alpha value is -1.74. The standard InChI is InChI=1S/C20H15I/c1-3-10-18-15(6-1)8-5-9-17(18)14-20-19-11-4-2-7-16(19)12-13-21-20/h1-13H,14H2. The number of halogens is 1. The normalized spacial score (nSPS) is 13.4. The Bertz CT molecular complexity index is 866. The molecule has 0 spiro atoms. The van der Waals surface area contributed by atoms with Crippen LogP contribution < -0.4 is 0 Å². The van der Waals surface area contributed by atoms with Crippen molar-refractivity contribution in [3.05, 3.63) is 87.5 Å². The van der Waals surface area contributed by atoms with E-state index in [0.717, 1.165) is 6.42 Å². The van der Waals surface area contributed by atoms with E-state index in [0.29, 0.717) is 0 Å². The molecule has 102 valence electrons. The molecule has 1 aliphatic heterocycles. The molecule has 0 saturated heterocycles. The number of hydrogen-bond donors (Lipinski definition) is 0. The van der Waals surface area contributed by atoms with E-state index in [1.54, 1.807) is 3.51 Å². The van der Waals surface area contributed by atoms with Gasteiger partial charge in [0.1, 0.15) is 0 Å². The lowest BCUT2D eigenvalue weighted by Crippen LogP contribution is -2.06. The molecule has 0 bridgehead atoms. The molecule has 0 N–H and O–H groups in total. The molecule has 0 fully saturated rings. The smallest absolute Gasteiger partial charge is 0.00409 e. The fraction of sp³-hybridized carbons (Fsp3) is 0.0500. The third-order valence-electron chi connectivity index (χ3n) is 3.92. The molecular formula is C20H15I. The predicted octanol–water partition coefficient (Wildman–Crippen LogP) is 5.56. The number of rotatable bonds is 2. The van der Waals surface area contributed by atoms with Crippen LogP contribution in [-0.2, 0) is 6.42 Å². The largest absolute Gasteiger partial charge is 0.0891 e. The van der Waals surface area contributed by atoms with E-state index in [4.69, 9.17) is 0 Å². The van der Waals surface area contributed by atoms with Crippen molar-refractivity contribution in [2.45, 2.75) is 6.42 Å². The molecule has 0 saturated carbocycles. The van der Waals surface area contributed by atoms with Gasteiger partial charge in [0.05, 0.1) is 0 Å². The fourth-order valence-electron chi connectivity index (χ4n) is 2.87. The Kier molecular flexibility index (Phi) is 3.44. The molecule has 0 atom stereocenters. The van der Waals surface area contributed by atoms with Gasteiger partial charge in [0.25, 0.3) is 0 Å². The minimum Gasteiger partial charge on any atom is -0.0891 e. The van der Waals surface area contributed by atoms with E-state index in [-0.39, 0.29) is 20.7 Å². The molecular weight excluding hydrogens is 367 g/mol. The first kappa shape index (κ1) is 13.0. The van der Waals surface area contributed by atoms with Crippen LogP contribution in [0.4, 0.5) is 0 Å². The summed E-state index contributed by atoms with van der Waals surface area (Å²) in [6.07, 6.45) is 3.37. The predicted molar refractivity (Wildman–Crippen MR) is 101 cm³/mol. The Morgan fingerprint density at radius 1 is 0.762 bits per heavy atom. The van der Waals surface area contributed by atoms with Gasteiger partial charge in [-0.2, -0.15) is 0 Å². The average Bonchev–Trinajstić information content (AvgIpc) is 2.56. The van der Waals surface area contributed by atoms with Gasteiger partial charge in [-0.15, -0.1) is 0 Å². The molecule has 0 nitrogen and oxygen atoms in total. The molecule has 0 aromatic heterocycles. The van der Waals surface area contributed by atoms with Gasteiger partial charge in [-0.25, -0.2) is 0 Å². The van der Waals surface area contributed by atoms with Crippen LogP contribution in [0.2, 0.25) is 0 Å². The number of fused-ring (bicyclic) bond motifs is 2. The lowest BCUT2D eigenvalue weighted by atomic mass is 9.96. The molecule has 0 amide bonds. The minimum absolute atomic E-state index is 0.0135. The summed E-state index contributed by atoms with van der Waals surface area (Å²) >= 11 is 0.0135. The van der Waals surface area contributed by atoms with Crippen molar-refractivity contribution in [3.8, 4) is 0 Å². The maximum absolute atomic E-state index is 2.39. The Morgan fingerprint density at radius 2 is 1.57 bits per heavy atom. The molecule has 1 aliphatic rings. The number of benzene rings is 3. The van der Waals surface area contributed by atoms with Crippen molar-refractivity contribution in [2.24, 2.45) is 0 Å². The fourth-order valence-corrected chi connectivity index (χ4v) is 5.33. The van der Waals surface area contributed by atoms with Crippen LogP contribution in [0.15, 0.2) is 70.8 Å². The molecule has 4 rings (SSSR count). The maximum atomic E-state index is 2.39. The van der Waals surface area contributed by atoms with Crippen LogP contribution in [-0.4, -0.2) is 3.51 Å². The van der Waals surface area contributed by atoms with Gasteiger partial charge in [-0.3, -0.25) is 0 Å². The first-order valence-corrected chi connectivity index (χ1v) is 9.46. The van der Waals surface area contributed by atoms with Gasteiger partial charge in [0, 0.05) is 6.42 Å². The van der Waals surface area contributed by atoms with Crippen LogP contribution in [0.1, 0.15) is 16.7 Å². The van der Waals surface area contributed by atoms with Gasteiger partial charge in [0.15, 0.2) is 0 Å². The Morgan fingerprint density at radius 3 is 2.57 bits per heavy atom. The van der Waals surface area contributed by atoms with Crippen molar-refractivity contribution in [1.82, 2.24) is 0 Å². The maximum Gasteiger partial charge on any atom is 0.00409 e. The summed E-state index contributed by atoms with van der Waals surface area (Å²) in [6.45, 7) is 0. The Labute approximate surface area is 134 Å². The SMILES string of the molecule is C1=Cc2ccccc2C(Cc2cccc3ccccc23)=I1. The zero-order valence-corrected chi connectivity index (χ0v) is 13.7. The van der Waals surface area contributed by atoms with Gasteiger partial charge in [-0.05, 0) is 41.1 Å². The lowest BCUT2D eigenvalue weighted by Gasteiger charge is -2.14. The van der Waals surface area contributed by atoms with Gasteiger partial charge < -0.3 is 0 Å². The van der Waals surface area contributed by atoms with Gasteiger partial charge in [0.2, 0.25) is 0 Å². The average molecular weight is 382 g/mol. The number of hydrogen-bond acceptors (Lipinski definition) is 0. The third-order valence-corrected chi connectivity index (χ3v) is 6.35. The van der Waals surface area contributed by atoms with E-state index >= 15 is 0 Å². The van der Waals surface area contributed by atoms with E-state index in [1.807, 2.05) is 0 Å². The molecule has 1 heteroatoms. The second-order valence-corrected chi connectivity index (χ2v) is 7.85. The van der Waals surface area contributed by atoms with Crippen molar-refractivity contribution in [1.29, 1.82) is 0 Å². The van der Waals surface area contributed by atoms with E-state index in [1.165, 1.54) is 27.5 Å². The zero-order valence-electron chi connectivity index (χ0n) is 11.6. The molecule has 21 heavy (non-hydrogen) atoms. The second-order valence-electron chi connectivity index (χ2n) is 5.21. The van der Waals surface area contributed by atoms with E-state index in [9.17, 15) is 0 Å². The lowest BCUT2D eigenvalue weighted by molar-refractivity contribution is 1.38. The first-order valence-electron chi connectivity index (χ1n) is 7.14. The molecule has 0 aliphatic carbocycles. The van der Waals surface area contributed by atoms with E-state index < -0.39 is 0 Å². The molecule has 3 aromatic carbocycles. The summed E-state index contributed by atoms with van der Waals surface area (Å²) < 4.78 is 4.02. The molecule has 0 radical (unpaired) electrons. The van der Waals surface area contributed by atoms with Crippen LogP contribution in [0, 0.1) is 0 Å². The summed E-state index contributed by atoms with van der Waals surface area (Å²) in [5.74, 6) is 0. The molecule has 3 aromatic rings. The summed E-state index contributed by atoms with van der Waals surface area (Å²) in [5.41, 5.74) is 4.28. The van der Waals surface area contributed by atoms with E-state index in [2.05, 4.69) is 76.9 Å². The monoisotopic (exact) mass is 382 g/mol. The van der Waals surface area contributed by atoms with Gasteiger partial charge in [-0.1, -0.05) is 87.5 Å². The molecule has 1 heterocycles. The van der Waals surface area contributed by atoms with Crippen molar-refractivity contribution >= 4 is 41.1 Å². The highest BCUT2D eigenvalue weighted by molar-refractivity contribution is 14.2. The highest BCUT2D eigenvalue weighted by Gasteiger charge is 2.11. The first-order chi connectivity index (χ1) is 10.4. The Balaban J connectivity index is 1.79. The summed E-state index contributed by atoms with van der Waals surface area (Å²) in [6, 6.07) is 24.1. The quantitative estimate of drug-likeness (QED) is 0.510. The summed E-state index contributed by atoms with van der Waals surface area (Å²) in [4.78, 5) is 0. The highest BCUT2D eigenvalue weighted by atomic mass is 127.